The van der Waals surface area contributed by atoms with Gasteiger partial charge in [0.15, 0.2) is 5.03 Å². The Labute approximate surface area is 111 Å². The van der Waals surface area contributed by atoms with E-state index in [1.54, 1.807) is 0 Å². The van der Waals surface area contributed by atoms with Crippen LogP contribution in [-0.2, 0) is 16.4 Å². The van der Waals surface area contributed by atoms with E-state index in [9.17, 15) is 13.5 Å². The van der Waals surface area contributed by atoms with Crippen molar-refractivity contribution in [3.05, 3.63) is 48.2 Å². The van der Waals surface area contributed by atoms with Crippen LogP contribution >= 0.6 is 0 Å². The topological polar surface area (TPSA) is 95.1 Å². The fraction of sp³-hybridized carbons (Fsp3) is 0.250. The molecule has 1 heterocycles. The largest absolute Gasteiger partial charge is 0.395 e. The highest BCUT2D eigenvalue weighted by atomic mass is 32.2. The van der Waals surface area contributed by atoms with Gasteiger partial charge in [-0.15, -0.1) is 0 Å². The van der Waals surface area contributed by atoms with Gasteiger partial charge in [-0.25, -0.2) is 13.1 Å². The van der Waals surface area contributed by atoms with Crippen LogP contribution in [0.3, 0.4) is 0 Å². The molecule has 0 aliphatic rings. The highest BCUT2D eigenvalue weighted by molar-refractivity contribution is 7.89. The van der Waals surface area contributed by atoms with Gasteiger partial charge in [0, 0.05) is 6.04 Å². The smallest absolute Gasteiger partial charge is 0.257 e. The fourth-order valence-electron chi connectivity index (χ4n) is 1.72. The van der Waals surface area contributed by atoms with E-state index in [0.29, 0.717) is 6.42 Å². The maximum Gasteiger partial charge on any atom is 0.257 e. The Balaban J connectivity index is 2.08. The summed E-state index contributed by atoms with van der Waals surface area (Å²) in [4.78, 5) is 0. The molecule has 3 N–H and O–H groups in total. The maximum atomic E-state index is 12.0. The molecule has 0 fully saturated rings. The predicted molar refractivity (Wildman–Crippen MR) is 69.9 cm³/mol. The van der Waals surface area contributed by atoms with Gasteiger partial charge in [-0.05, 0) is 18.1 Å². The summed E-state index contributed by atoms with van der Waals surface area (Å²) in [7, 11) is -3.68. The summed E-state index contributed by atoms with van der Waals surface area (Å²) in [6, 6.07) is 10.2. The van der Waals surface area contributed by atoms with Crippen molar-refractivity contribution in [2.45, 2.75) is 17.5 Å². The molecule has 7 heteroatoms. The van der Waals surface area contributed by atoms with Crippen LogP contribution in [0.25, 0.3) is 0 Å². The van der Waals surface area contributed by atoms with Crippen molar-refractivity contribution in [3.63, 3.8) is 0 Å². The van der Waals surface area contributed by atoms with E-state index in [4.69, 9.17) is 0 Å². The predicted octanol–water partition coefficient (Wildman–Crippen LogP) is 0.292. The molecular formula is C12H15N3O3S. The third kappa shape index (κ3) is 3.63. The fourth-order valence-corrected chi connectivity index (χ4v) is 2.85. The van der Waals surface area contributed by atoms with Crippen molar-refractivity contribution in [1.29, 1.82) is 0 Å². The van der Waals surface area contributed by atoms with Crippen LogP contribution in [0.5, 0.6) is 0 Å². The molecule has 2 aromatic rings. The van der Waals surface area contributed by atoms with Gasteiger partial charge < -0.3 is 5.11 Å². The van der Waals surface area contributed by atoms with E-state index in [-0.39, 0.29) is 11.6 Å². The number of nitrogens with zero attached hydrogens (tertiary/aromatic N) is 1. The number of hydrogen-bond acceptors (Lipinski definition) is 4. The van der Waals surface area contributed by atoms with E-state index in [1.165, 1.54) is 12.3 Å². The van der Waals surface area contributed by atoms with Gasteiger partial charge in [0.25, 0.3) is 10.0 Å². The molecule has 0 aliphatic heterocycles. The number of aromatic amines is 1. The molecule has 0 unspecified atom stereocenters. The Hall–Kier alpha value is -1.70. The van der Waals surface area contributed by atoms with Gasteiger partial charge in [0.05, 0.1) is 12.8 Å². The molecule has 0 aliphatic carbocycles. The number of aliphatic hydroxyl groups is 1. The summed E-state index contributed by atoms with van der Waals surface area (Å²) in [6.45, 7) is -0.276. The van der Waals surface area contributed by atoms with Crippen LogP contribution in [0.4, 0.5) is 0 Å². The van der Waals surface area contributed by atoms with Crippen molar-refractivity contribution in [2.24, 2.45) is 0 Å². The van der Waals surface area contributed by atoms with Crippen LogP contribution in [0, 0.1) is 0 Å². The molecule has 1 aromatic heterocycles. The van der Waals surface area contributed by atoms with E-state index < -0.39 is 16.1 Å². The van der Waals surface area contributed by atoms with Gasteiger partial charge >= 0.3 is 0 Å². The number of H-pyrrole nitrogens is 1. The van der Waals surface area contributed by atoms with Crippen molar-refractivity contribution >= 4 is 10.0 Å². The molecule has 0 amide bonds. The molecular weight excluding hydrogens is 266 g/mol. The number of aromatic nitrogens is 2. The first-order valence-electron chi connectivity index (χ1n) is 5.78. The minimum Gasteiger partial charge on any atom is -0.395 e. The number of hydrogen-bond donors (Lipinski definition) is 3. The second kappa shape index (κ2) is 5.96. The monoisotopic (exact) mass is 281 g/mol. The molecule has 0 radical (unpaired) electrons. The zero-order valence-electron chi connectivity index (χ0n) is 10.2. The molecule has 0 saturated heterocycles. The Morgan fingerprint density at radius 3 is 2.58 bits per heavy atom. The van der Waals surface area contributed by atoms with Gasteiger partial charge in [0.2, 0.25) is 0 Å². The van der Waals surface area contributed by atoms with E-state index in [2.05, 4.69) is 14.9 Å². The number of nitrogens with one attached hydrogen (secondary N) is 2. The Bertz CT molecular complexity index is 596. The molecule has 2 rings (SSSR count). The number of benzene rings is 1. The zero-order valence-corrected chi connectivity index (χ0v) is 11.0. The quantitative estimate of drug-likeness (QED) is 0.709. The minimum atomic E-state index is -3.68. The van der Waals surface area contributed by atoms with Crippen LogP contribution < -0.4 is 4.72 Å². The van der Waals surface area contributed by atoms with Crippen molar-refractivity contribution in [3.8, 4) is 0 Å². The molecule has 0 spiro atoms. The molecule has 1 atom stereocenters. The standard InChI is InChI=1S/C12H15N3O3S/c16-9-11(8-10-4-2-1-3-5-10)15-19(17,18)12-6-7-13-14-12/h1-7,11,15-16H,8-9H2,(H,13,14)/t11-/m0/s1. The Morgan fingerprint density at radius 1 is 1.26 bits per heavy atom. The molecule has 6 nitrogen and oxygen atoms in total. The number of rotatable bonds is 6. The molecule has 0 saturated carbocycles. The minimum absolute atomic E-state index is 0.0148. The number of aliphatic hydroxyl groups excluding tert-OH is 1. The second-order valence-corrected chi connectivity index (χ2v) is 5.79. The average molecular weight is 281 g/mol. The highest BCUT2D eigenvalue weighted by Gasteiger charge is 2.20. The number of sulfonamides is 1. The summed E-state index contributed by atoms with van der Waals surface area (Å²) in [5.74, 6) is 0. The van der Waals surface area contributed by atoms with E-state index in [0.717, 1.165) is 5.56 Å². The molecule has 0 bridgehead atoms. The lowest BCUT2D eigenvalue weighted by Gasteiger charge is -2.15. The first kappa shape index (κ1) is 13.7. The van der Waals surface area contributed by atoms with Gasteiger partial charge in [-0.1, -0.05) is 30.3 Å². The first-order valence-corrected chi connectivity index (χ1v) is 7.26. The van der Waals surface area contributed by atoms with Gasteiger partial charge in [0.1, 0.15) is 0 Å². The lowest BCUT2D eigenvalue weighted by Crippen LogP contribution is -2.39. The second-order valence-electron chi connectivity index (χ2n) is 4.11. The van der Waals surface area contributed by atoms with Crippen LogP contribution in [0.1, 0.15) is 5.56 Å². The van der Waals surface area contributed by atoms with Gasteiger partial charge in [-0.2, -0.15) is 5.10 Å². The van der Waals surface area contributed by atoms with Gasteiger partial charge in [-0.3, -0.25) is 5.10 Å². The van der Waals surface area contributed by atoms with Crippen LogP contribution in [0.2, 0.25) is 0 Å². The van der Waals surface area contributed by atoms with Crippen molar-refractivity contribution < 1.29 is 13.5 Å². The highest BCUT2D eigenvalue weighted by Crippen LogP contribution is 2.07. The molecule has 1 aromatic carbocycles. The lowest BCUT2D eigenvalue weighted by atomic mass is 10.1. The third-order valence-corrected chi connectivity index (χ3v) is 4.08. The van der Waals surface area contributed by atoms with E-state index in [1.807, 2.05) is 30.3 Å². The van der Waals surface area contributed by atoms with Crippen molar-refractivity contribution in [1.82, 2.24) is 14.9 Å². The normalized spacial score (nSPS) is 13.3. The summed E-state index contributed by atoms with van der Waals surface area (Å²) >= 11 is 0. The zero-order chi connectivity index (χ0) is 13.7. The molecule has 102 valence electrons. The molecule has 19 heavy (non-hydrogen) atoms. The third-order valence-electron chi connectivity index (χ3n) is 2.63. The lowest BCUT2D eigenvalue weighted by molar-refractivity contribution is 0.256. The van der Waals surface area contributed by atoms with Crippen LogP contribution in [0.15, 0.2) is 47.6 Å². The summed E-state index contributed by atoms with van der Waals surface area (Å²) < 4.78 is 26.4. The van der Waals surface area contributed by atoms with Crippen LogP contribution in [-0.4, -0.2) is 36.4 Å². The Kier molecular flexibility index (Phi) is 4.31. The average Bonchev–Trinajstić information content (AvgIpc) is 2.93. The summed E-state index contributed by atoms with van der Waals surface area (Å²) in [6.07, 6.45) is 1.78. The SMILES string of the molecule is O=S(=O)(N[C@H](CO)Cc1ccccc1)c1ccn[nH]1. The first-order chi connectivity index (χ1) is 9.12. The summed E-state index contributed by atoms with van der Waals surface area (Å²) in [5.41, 5.74) is 0.953. The summed E-state index contributed by atoms with van der Waals surface area (Å²) in [5, 5.41) is 15.3. The maximum absolute atomic E-state index is 12.0. The Morgan fingerprint density at radius 2 is 2.00 bits per heavy atom. The van der Waals surface area contributed by atoms with Crippen molar-refractivity contribution in [2.75, 3.05) is 6.61 Å². The van der Waals surface area contributed by atoms with E-state index >= 15 is 0 Å².